The first-order chi connectivity index (χ1) is 21.0. The second-order valence-corrected chi connectivity index (χ2v) is 10.5. The monoisotopic (exact) mass is 577 g/mol. The SMILES string of the molecule is O=C1CN(C(=O)c2ccccc2OCc2ccccc2)CCCCNC(=O)c2cccc(c2)-c2cc(ccc2O)CCN1. The normalized spacial score (nSPS) is 14.6. The van der Waals surface area contributed by atoms with E-state index in [1.807, 2.05) is 54.6 Å². The fraction of sp³-hybridized carbons (Fsp3) is 0.229. The number of fused-ring (bicyclic) bond motifs is 5. The van der Waals surface area contributed by atoms with Crippen LogP contribution in [0.15, 0.2) is 97.1 Å². The molecule has 5 rings (SSSR count). The summed E-state index contributed by atoms with van der Waals surface area (Å²) in [7, 11) is 0. The Kier molecular flexibility index (Phi) is 9.69. The summed E-state index contributed by atoms with van der Waals surface area (Å²) >= 11 is 0. The van der Waals surface area contributed by atoms with Gasteiger partial charge in [-0.15, -0.1) is 0 Å². The van der Waals surface area contributed by atoms with Gasteiger partial charge in [-0.25, -0.2) is 0 Å². The van der Waals surface area contributed by atoms with Gasteiger partial charge in [-0.1, -0.05) is 60.7 Å². The van der Waals surface area contributed by atoms with Crippen molar-refractivity contribution in [1.29, 1.82) is 0 Å². The highest BCUT2D eigenvalue weighted by molar-refractivity contribution is 5.99. The van der Waals surface area contributed by atoms with Crippen molar-refractivity contribution in [3.63, 3.8) is 0 Å². The zero-order chi connectivity index (χ0) is 30.0. The van der Waals surface area contributed by atoms with E-state index < -0.39 is 0 Å². The van der Waals surface area contributed by atoms with Crippen molar-refractivity contribution in [2.45, 2.75) is 25.9 Å². The molecule has 220 valence electrons. The molecule has 4 aromatic carbocycles. The quantitative estimate of drug-likeness (QED) is 0.318. The number of aromatic hydroxyl groups is 1. The number of carbonyl (C=O) groups is 3. The maximum Gasteiger partial charge on any atom is 0.258 e. The van der Waals surface area contributed by atoms with E-state index in [9.17, 15) is 19.5 Å². The second-order valence-electron chi connectivity index (χ2n) is 10.5. The van der Waals surface area contributed by atoms with Crippen molar-refractivity contribution in [3.05, 3.63) is 119 Å². The lowest BCUT2D eigenvalue weighted by atomic mass is 9.98. The Bertz CT molecular complexity index is 1590. The molecule has 3 N–H and O–H groups in total. The maximum atomic E-state index is 13.8. The topological polar surface area (TPSA) is 108 Å². The lowest BCUT2D eigenvalue weighted by Gasteiger charge is -2.24. The molecule has 4 aromatic rings. The Morgan fingerprint density at radius 2 is 1.60 bits per heavy atom. The summed E-state index contributed by atoms with van der Waals surface area (Å²) < 4.78 is 6.02. The van der Waals surface area contributed by atoms with Gasteiger partial charge in [-0.2, -0.15) is 0 Å². The fourth-order valence-corrected chi connectivity index (χ4v) is 5.03. The number of phenols is 1. The molecule has 0 radical (unpaired) electrons. The third kappa shape index (κ3) is 7.80. The number of amides is 3. The molecule has 3 amide bonds. The van der Waals surface area contributed by atoms with Crippen LogP contribution in [-0.2, 0) is 17.8 Å². The number of ether oxygens (including phenoxy) is 1. The molecule has 0 saturated heterocycles. The van der Waals surface area contributed by atoms with Crippen molar-refractivity contribution < 1.29 is 24.2 Å². The first-order valence-corrected chi connectivity index (χ1v) is 14.5. The predicted octanol–water partition coefficient (Wildman–Crippen LogP) is 4.96. The van der Waals surface area contributed by atoms with Gasteiger partial charge in [0.2, 0.25) is 5.91 Å². The minimum Gasteiger partial charge on any atom is -0.507 e. The Balaban J connectivity index is 1.33. The Morgan fingerprint density at radius 3 is 2.47 bits per heavy atom. The summed E-state index contributed by atoms with van der Waals surface area (Å²) in [5.41, 5.74) is 4.14. The summed E-state index contributed by atoms with van der Waals surface area (Å²) in [6, 6.07) is 29.2. The van der Waals surface area contributed by atoms with E-state index in [1.54, 1.807) is 42.5 Å². The number of rotatable bonds is 4. The second kappa shape index (κ2) is 14.2. The standard InChI is InChI=1S/C35H35N3O5/c39-31-16-15-25-17-19-36-33(40)23-38(20-7-6-18-37-34(41)28-12-8-11-27(22-28)30(31)21-25)35(42)29-13-4-5-14-32(29)43-24-26-9-2-1-3-10-26/h1-5,8-16,21-22,39H,6-7,17-20,23-24H2,(H,36,40)(H,37,41). The maximum absolute atomic E-state index is 13.8. The minimum absolute atomic E-state index is 0.108. The van der Waals surface area contributed by atoms with Crippen LogP contribution in [0.2, 0.25) is 0 Å². The molecule has 0 unspecified atom stereocenters. The number of hydrogen-bond acceptors (Lipinski definition) is 5. The molecule has 1 aliphatic rings. The third-order valence-corrected chi connectivity index (χ3v) is 7.35. The van der Waals surface area contributed by atoms with Crippen LogP contribution in [0, 0.1) is 0 Å². The molecule has 0 aromatic heterocycles. The molecule has 0 atom stereocenters. The molecule has 8 nitrogen and oxygen atoms in total. The number of nitrogens with one attached hydrogen (secondary N) is 2. The first-order valence-electron chi connectivity index (χ1n) is 14.5. The number of carbonyl (C=O) groups excluding carboxylic acids is 3. The predicted molar refractivity (Wildman–Crippen MR) is 165 cm³/mol. The summed E-state index contributed by atoms with van der Waals surface area (Å²) in [5, 5.41) is 16.4. The van der Waals surface area contributed by atoms with Gasteiger partial charge in [0.15, 0.2) is 0 Å². The van der Waals surface area contributed by atoms with Crippen molar-refractivity contribution >= 4 is 17.7 Å². The Morgan fingerprint density at radius 1 is 0.814 bits per heavy atom. The van der Waals surface area contributed by atoms with Gasteiger partial charge in [-0.3, -0.25) is 14.4 Å². The Labute approximate surface area is 251 Å². The van der Waals surface area contributed by atoms with E-state index in [4.69, 9.17) is 4.74 Å². The number of para-hydroxylation sites is 1. The van der Waals surface area contributed by atoms with E-state index in [2.05, 4.69) is 10.6 Å². The molecule has 0 fully saturated rings. The van der Waals surface area contributed by atoms with Crippen molar-refractivity contribution in [2.75, 3.05) is 26.2 Å². The van der Waals surface area contributed by atoms with E-state index >= 15 is 0 Å². The number of nitrogens with zero attached hydrogens (tertiary/aromatic N) is 1. The molecule has 1 heterocycles. The summed E-state index contributed by atoms with van der Waals surface area (Å²) in [4.78, 5) is 41.2. The van der Waals surface area contributed by atoms with Crippen LogP contribution < -0.4 is 15.4 Å². The lowest BCUT2D eigenvalue weighted by molar-refractivity contribution is -0.121. The zero-order valence-electron chi connectivity index (χ0n) is 23.9. The molecule has 4 bridgehead atoms. The van der Waals surface area contributed by atoms with E-state index in [0.29, 0.717) is 67.9 Å². The largest absolute Gasteiger partial charge is 0.507 e. The molecule has 43 heavy (non-hydrogen) atoms. The molecule has 1 aliphatic heterocycles. The molecule has 0 spiro atoms. The molecule has 0 saturated carbocycles. The van der Waals surface area contributed by atoms with Gasteiger partial charge in [0, 0.05) is 30.8 Å². The molecular formula is C35H35N3O5. The smallest absolute Gasteiger partial charge is 0.258 e. The van der Waals surface area contributed by atoms with Gasteiger partial charge >= 0.3 is 0 Å². The fourth-order valence-electron chi connectivity index (χ4n) is 5.03. The van der Waals surface area contributed by atoms with Crippen LogP contribution in [0.3, 0.4) is 0 Å². The van der Waals surface area contributed by atoms with Crippen molar-refractivity contribution in [2.24, 2.45) is 0 Å². The van der Waals surface area contributed by atoms with Gasteiger partial charge < -0.3 is 25.4 Å². The Hall–Kier alpha value is -5.11. The lowest BCUT2D eigenvalue weighted by Crippen LogP contribution is -2.42. The van der Waals surface area contributed by atoms with Crippen LogP contribution in [0.1, 0.15) is 44.7 Å². The average molecular weight is 578 g/mol. The van der Waals surface area contributed by atoms with Crippen LogP contribution in [0.4, 0.5) is 0 Å². The van der Waals surface area contributed by atoms with Crippen molar-refractivity contribution in [1.82, 2.24) is 15.5 Å². The minimum atomic E-state index is -0.294. The third-order valence-electron chi connectivity index (χ3n) is 7.35. The summed E-state index contributed by atoms with van der Waals surface area (Å²) in [6.07, 6.45) is 1.74. The number of phenolic OH excluding ortho intramolecular Hbond substituents is 1. The van der Waals surface area contributed by atoms with E-state index in [1.165, 1.54) is 4.90 Å². The highest BCUT2D eigenvalue weighted by atomic mass is 16.5. The number of benzene rings is 4. The average Bonchev–Trinajstić information content (AvgIpc) is 3.03. The highest BCUT2D eigenvalue weighted by Crippen LogP contribution is 2.31. The van der Waals surface area contributed by atoms with Gasteiger partial charge in [0.25, 0.3) is 11.8 Å². The first kappa shape index (κ1) is 29.4. The summed E-state index contributed by atoms with van der Waals surface area (Å²) in [6.45, 7) is 1.32. The highest BCUT2D eigenvalue weighted by Gasteiger charge is 2.22. The van der Waals surface area contributed by atoms with Gasteiger partial charge in [0.05, 0.1) is 12.1 Å². The van der Waals surface area contributed by atoms with Crippen LogP contribution in [0.25, 0.3) is 11.1 Å². The van der Waals surface area contributed by atoms with E-state index in [0.717, 1.165) is 16.7 Å². The van der Waals surface area contributed by atoms with Crippen LogP contribution >= 0.6 is 0 Å². The zero-order valence-corrected chi connectivity index (χ0v) is 23.9. The molecule has 8 heteroatoms. The van der Waals surface area contributed by atoms with Crippen molar-refractivity contribution in [3.8, 4) is 22.6 Å². The van der Waals surface area contributed by atoms with Crippen LogP contribution in [-0.4, -0.2) is 53.9 Å². The van der Waals surface area contributed by atoms with Crippen LogP contribution in [0.5, 0.6) is 11.5 Å². The molecule has 0 aliphatic carbocycles. The number of hydrogen-bond donors (Lipinski definition) is 3. The van der Waals surface area contributed by atoms with E-state index in [-0.39, 0.29) is 30.0 Å². The summed E-state index contributed by atoms with van der Waals surface area (Å²) in [5.74, 6) is -0.208. The van der Waals surface area contributed by atoms with Gasteiger partial charge in [-0.05, 0) is 72.4 Å². The van der Waals surface area contributed by atoms with Gasteiger partial charge in [0.1, 0.15) is 18.1 Å². The molecular weight excluding hydrogens is 542 g/mol.